The summed E-state index contributed by atoms with van der Waals surface area (Å²) in [5.74, 6) is 0.162. The van der Waals surface area contributed by atoms with Gasteiger partial charge in [0.1, 0.15) is 0 Å². The van der Waals surface area contributed by atoms with E-state index >= 15 is 0 Å². The number of hydrogen-bond donors (Lipinski definition) is 0. The van der Waals surface area contributed by atoms with E-state index in [1.54, 1.807) is 10.5 Å². The fourth-order valence-electron chi connectivity index (χ4n) is 1.95. The first-order valence-electron chi connectivity index (χ1n) is 5.43. The normalized spacial score (nSPS) is 20.4. The van der Waals surface area contributed by atoms with Gasteiger partial charge in [0.2, 0.25) is 10.0 Å². The molecule has 1 aromatic rings. The highest BCUT2D eigenvalue weighted by molar-refractivity contribution is 7.89. The lowest BCUT2D eigenvalue weighted by atomic mass is 10.1. The Labute approximate surface area is 96.4 Å². The number of pyridine rings is 1. The van der Waals surface area contributed by atoms with Crippen LogP contribution in [0, 0.1) is 0 Å². The summed E-state index contributed by atoms with van der Waals surface area (Å²) in [5.41, 5.74) is 1.94. The molecule has 0 saturated heterocycles. The first-order chi connectivity index (χ1) is 7.50. The Bertz CT molecular complexity index is 483. The summed E-state index contributed by atoms with van der Waals surface area (Å²) < 4.78 is 25.6. The molecule has 88 valence electrons. The van der Waals surface area contributed by atoms with E-state index in [9.17, 15) is 8.42 Å². The van der Waals surface area contributed by atoms with Crippen LogP contribution < -0.4 is 0 Å². The molecule has 0 aliphatic carbocycles. The van der Waals surface area contributed by atoms with Gasteiger partial charge in [0.05, 0.1) is 5.75 Å². The summed E-state index contributed by atoms with van der Waals surface area (Å²) in [6.07, 6.45) is 2.23. The van der Waals surface area contributed by atoms with E-state index in [-0.39, 0.29) is 11.8 Å². The van der Waals surface area contributed by atoms with Crippen LogP contribution in [0.15, 0.2) is 18.3 Å². The smallest absolute Gasteiger partial charge is 0.215 e. The van der Waals surface area contributed by atoms with E-state index in [4.69, 9.17) is 0 Å². The molecule has 0 bridgehead atoms. The molecule has 0 atom stereocenters. The molecule has 1 aliphatic heterocycles. The number of sulfonamides is 1. The first kappa shape index (κ1) is 11.5. The van der Waals surface area contributed by atoms with Crippen LogP contribution in [0.1, 0.15) is 25.1 Å². The SMILES string of the molecule is CC(C)N1Cc2cccnc2CCS1(=O)=O. The van der Waals surface area contributed by atoms with Crippen molar-refractivity contribution in [2.75, 3.05) is 5.75 Å². The van der Waals surface area contributed by atoms with Crippen molar-refractivity contribution in [3.63, 3.8) is 0 Å². The third-order valence-electron chi connectivity index (χ3n) is 2.84. The Morgan fingerprint density at radius 1 is 1.44 bits per heavy atom. The van der Waals surface area contributed by atoms with Crippen molar-refractivity contribution >= 4 is 10.0 Å². The summed E-state index contributed by atoms with van der Waals surface area (Å²) in [6.45, 7) is 4.25. The second kappa shape index (κ2) is 4.14. The fraction of sp³-hybridized carbons (Fsp3) is 0.545. The minimum atomic E-state index is -3.13. The van der Waals surface area contributed by atoms with Gasteiger partial charge in [0, 0.05) is 30.9 Å². The molecule has 0 unspecified atom stereocenters. The van der Waals surface area contributed by atoms with Crippen LogP contribution in [0.4, 0.5) is 0 Å². The lowest BCUT2D eigenvalue weighted by Gasteiger charge is -2.23. The quantitative estimate of drug-likeness (QED) is 0.740. The predicted molar refractivity (Wildman–Crippen MR) is 62.4 cm³/mol. The summed E-state index contributed by atoms with van der Waals surface area (Å²) >= 11 is 0. The third-order valence-corrected chi connectivity index (χ3v) is 4.83. The highest BCUT2D eigenvalue weighted by Gasteiger charge is 2.29. The van der Waals surface area contributed by atoms with Crippen LogP contribution in [0.3, 0.4) is 0 Å². The molecule has 5 heteroatoms. The molecule has 2 rings (SSSR count). The van der Waals surface area contributed by atoms with Crippen LogP contribution in [0.2, 0.25) is 0 Å². The number of aromatic nitrogens is 1. The van der Waals surface area contributed by atoms with E-state index in [1.165, 1.54) is 0 Å². The summed E-state index contributed by atoms with van der Waals surface area (Å²) in [6, 6.07) is 3.81. The molecule has 0 aromatic carbocycles. The molecule has 0 N–H and O–H groups in total. The van der Waals surface area contributed by atoms with Gasteiger partial charge in [0.15, 0.2) is 0 Å². The fourth-order valence-corrected chi connectivity index (χ4v) is 3.62. The predicted octanol–water partition coefficient (Wildman–Crippen LogP) is 1.18. The maximum Gasteiger partial charge on any atom is 0.215 e. The average Bonchev–Trinajstić information content (AvgIpc) is 2.36. The number of nitrogens with zero attached hydrogens (tertiary/aromatic N) is 2. The molecular weight excluding hydrogens is 224 g/mol. The third kappa shape index (κ3) is 2.10. The van der Waals surface area contributed by atoms with Crippen molar-refractivity contribution < 1.29 is 8.42 Å². The van der Waals surface area contributed by atoms with E-state index in [0.29, 0.717) is 13.0 Å². The minimum absolute atomic E-state index is 0.00356. The lowest BCUT2D eigenvalue weighted by molar-refractivity contribution is 0.350. The second-order valence-electron chi connectivity index (χ2n) is 4.31. The molecular formula is C11H16N2O2S. The molecule has 0 amide bonds. The Morgan fingerprint density at radius 2 is 2.19 bits per heavy atom. The molecule has 0 spiro atoms. The van der Waals surface area contributed by atoms with Crippen molar-refractivity contribution in [2.24, 2.45) is 0 Å². The molecule has 0 saturated carbocycles. The van der Waals surface area contributed by atoms with Gasteiger partial charge in [-0.25, -0.2) is 8.42 Å². The van der Waals surface area contributed by atoms with Crippen LogP contribution in [0.5, 0.6) is 0 Å². The van der Waals surface area contributed by atoms with Crippen molar-refractivity contribution in [1.29, 1.82) is 0 Å². The largest absolute Gasteiger partial charge is 0.261 e. The average molecular weight is 240 g/mol. The Hall–Kier alpha value is -0.940. The summed E-state index contributed by atoms with van der Waals surface area (Å²) in [7, 11) is -3.13. The van der Waals surface area contributed by atoms with Crippen LogP contribution in [0.25, 0.3) is 0 Å². The number of fused-ring (bicyclic) bond motifs is 1. The Kier molecular flexibility index (Phi) is 2.99. The zero-order valence-electron chi connectivity index (χ0n) is 9.55. The molecule has 0 radical (unpaired) electrons. The maximum atomic E-state index is 12.0. The van der Waals surface area contributed by atoms with Crippen molar-refractivity contribution in [2.45, 2.75) is 32.9 Å². The van der Waals surface area contributed by atoms with E-state index < -0.39 is 10.0 Å². The van der Waals surface area contributed by atoms with Crippen LogP contribution in [-0.2, 0) is 23.0 Å². The lowest BCUT2D eigenvalue weighted by Crippen LogP contribution is -2.36. The van der Waals surface area contributed by atoms with Gasteiger partial charge in [-0.1, -0.05) is 6.07 Å². The van der Waals surface area contributed by atoms with Crippen LogP contribution >= 0.6 is 0 Å². The van der Waals surface area contributed by atoms with E-state index in [1.807, 2.05) is 26.0 Å². The Morgan fingerprint density at radius 3 is 2.88 bits per heavy atom. The molecule has 16 heavy (non-hydrogen) atoms. The van der Waals surface area contributed by atoms with Gasteiger partial charge >= 0.3 is 0 Å². The maximum absolute atomic E-state index is 12.0. The van der Waals surface area contributed by atoms with Crippen molar-refractivity contribution in [3.8, 4) is 0 Å². The zero-order valence-corrected chi connectivity index (χ0v) is 10.4. The van der Waals surface area contributed by atoms with Gasteiger partial charge in [-0.2, -0.15) is 4.31 Å². The van der Waals surface area contributed by atoms with Crippen molar-refractivity contribution in [1.82, 2.24) is 9.29 Å². The van der Waals surface area contributed by atoms with Crippen LogP contribution in [-0.4, -0.2) is 29.5 Å². The van der Waals surface area contributed by atoms with Gasteiger partial charge in [-0.3, -0.25) is 4.98 Å². The molecule has 1 aliphatic rings. The molecule has 1 aromatic heterocycles. The van der Waals surface area contributed by atoms with Gasteiger partial charge in [0.25, 0.3) is 0 Å². The Balaban J connectivity index is 2.42. The second-order valence-corrected chi connectivity index (χ2v) is 6.36. The summed E-state index contributed by atoms with van der Waals surface area (Å²) in [4.78, 5) is 4.25. The topological polar surface area (TPSA) is 50.3 Å². The van der Waals surface area contributed by atoms with Crippen molar-refractivity contribution in [3.05, 3.63) is 29.6 Å². The first-order valence-corrected chi connectivity index (χ1v) is 7.04. The molecule has 4 nitrogen and oxygen atoms in total. The molecule has 0 fully saturated rings. The van der Waals surface area contributed by atoms with Gasteiger partial charge in [-0.15, -0.1) is 0 Å². The van der Waals surface area contributed by atoms with E-state index in [0.717, 1.165) is 11.3 Å². The highest BCUT2D eigenvalue weighted by Crippen LogP contribution is 2.20. The zero-order chi connectivity index (χ0) is 11.8. The minimum Gasteiger partial charge on any atom is -0.261 e. The van der Waals surface area contributed by atoms with E-state index in [2.05, 4.69) is 4.98 Å². The number of hydrogen-bond acceptors (Lipinski definition) is 3. The highest BCUT2D eigenvalue weighted by atomic mass is 32.2. The van der Waals surface area contributed by atoms with Gasteiger partial charge < -0.3 is 0 Å². The summed E-state index contributed by atoms with van der Waals surface area (Å²) in [5, 5.41) is 0. The van der Waals surface area contributed by atoms with Gasteiger partial charge in [-0.05, 0) is 25.5 Å². The number of aryl methyl sites for hydroxylation is 1. The molecule has 2 heterocycles. The standard InChI is InChI=1S/C11H16N2O2S/c1-9(2)13-8-10-4-3-6-12-11(10)5-7-16(13,14)15/h3-4,6,9H,5,7-8H2,1-2H3. The number of rotatable bonds is 1. The monoisotopic (exact) mass is 240 g/mol.